The van der Waals surface area contributed by atoms with Crippen LogP contribution in [0.1, 0.15) is 18.5 Å². The second kappa shape index (κ2) is 6.79. The Labute approximate surface area is 150 Å². The molecule has 0 saturated carbocycles. The van der Waals surface area contributed by atoms with Crippen molar-refractivity contribution < 1.29 is 4.79 Å². The van der Waals surface area contributed by atoms with Gasteiger partial charge in [0.1, 0.15) is 6.04 Å². The smallest absolute Gasteiger partial charge is 0.243 e. The summed E-state index contributed by atoms with van der Waals surface area (Å²) in [5.41, 5.74) is 2.71. The van der Waals surface area contributed by atoms with E-state index in [1.165, 1.54) is 0 Å². The van der Waals surface area contributed by atoms with Gasteiger partial charge >= 0.3 is 0 Å². The molecule has 7 nitrogen and oxygen atoms in total. The van der Waals surface area contributed by atoms with Crippen LogP contribution >= 0.6 is 0 Å². The number of imidazole rings is 1. The second-order valence-corrected chi connectivity index (χ2v) is 5.97. The van der Waals surface area contributed by atoms with Gasteiger partial charge < -0.3 is 9.88 Å². The number of amides is 1. The molecule has 7 heteroatoms. The molecule has 4 aromatic rings. The SMILES string of the molecule is C[C@H](C(=O)NCc1cccnc1-n1cccn1)n1cnc2ccccc21. The maximum Gasteiger partial charge on any atom is 0.243 e. The van der Waals surface area contributed by atoms with Crippen molar-refractivity contribution >= 4 is 16.9 Å². The summed E-state index contributed by atoms with van der Waals surface area (Å²) < 4.78 is 3.57. The number of benzene rings is 1. The molecule has 0 unspecified atom stereocenters. The highest BCUT2D eigenvalue weighted by molar-refractivity contribution is 5.83. The minimum Gasteiger partial charge on any atom is -0.350 e. The maximum absolute atomic E-state index is 12.7. The van der Waals surface area contributed by atoms with E-state index in [2.05, 4.69) is 20.4 Å². The van der Waals surface area contributed by atoms with Crippen LogP contribution in [0.2, 0.25) is 0 Å². The highest BCUT2D eigenvalue weighted by atomic mass is 16.2. The Morgan fingerprint density at radius 1 is 1.12 bits per heavy atom. The molecule has 1 amide bonds. The van der Waals surface area contributed by atoms with Gasteiger partial charge in [-0.3, -0.25) is 4.79 Å². The molecular formula is C19H18N6O. The quantitative estimate of drug-likeness (QED) is 0.602. The molecule has 26 heavy (non-hydrogen) atoms. The Morgan fingerprint density at radius 3 is 2.85 bits per heavy atom. The molecule has 4 rings (SSSR count). The largest absolute Gasteiger partial charge is 0.350 e. The van der Waals surface area contributed by atoms with Gasteiger partial charge in [-0.1, -0.05) is 18.2 Å². The van der Waals surface area contributed by atoms with E-state index in [1.54, 1.807) is 23.4 Å². The molecule has 3 aromatic heterocycles. The summed E-state index contributed by atoms with van der Waals surface area (Å²) in [7, 11) is 0. The summed E-state index contributed by atoms with van der Waals surface area (Å²) in [6.45, 7) is 2.24. The van der Waals surface area contributed by atoms with Crippen LogP contribution in [-0.4, -0.2) is 30.2 Å². The van der Waals surface area contributed by atoms with Crippen molar-refractivity contribution in [3.8, 4) is 5.82 Å². The lowest BCUT2D eigenvalue weighted by Gasteiger charge is -2.15. The normalized spacial score (nSPS) is 12.2. The number of carbonyl (C=O) groups excluding carboxylic acids is 1. The first-order valence-corrected chi connectivity index (χ1v) is 8.37. The van der Waals surface area contributed by atoms with Crippen LogP contribution in [-0.2, 0) is 11.3 Å². The fourth-order valence-corrected chi connectivity index (χ4v) is 2.91. The predicted octanol–water partition coefficient (Wildman–Crippen LogP) is 2.49. The van der Waals surface area contributed by atoms with Gasteiger partial charge in [-0.25, -0.2) is 14.6 Å². The number of rotatable bonds is 5. The van der Waals surface area contributed by atoms with Crippen LogP contribution < -0.4 is 5.32 Å². The van der Waals surface area contributed by atoms with Crippen molar-refractivity contribution in [2.24, 2.45) is 0 Å². The number of para-hydroxylation sites is 2. The zero-order valence-electron chi connectivity index (χ0n) is 14.3. The molecule has 0 radical (unpaired) electrons. The van der Waals surface area contributed by atoms with E-state index >= 15 is 0 Å². The molecule has 1 N–H and O–H groups in total. The van der Waals surface area contributed by atoms with Crippen molar-refractivity contribution in [2.75, 3.05) is 0 Å². The number of aromatic nitrogens is 5. The minimum absolute atomic E-state index is 0.0802. The number of fused-ring (bicyclic) bond motifs is 1. The monoisotopic (exact) mass is 346 g/mol. The molecule has 0 aliphatic rings. The summed E-state index contributed by atoms with van der Waals surface area (Å²) in [6.07, 6.45) is 6.94. The Kier molecular flexibility index (Phi) is 4.18. The lowest BCUT2D eigenvalue weighted by atomic mass is 10.2. The van der Waals surface area contributed by atoms with Crippen molar-refractivity contribution in [1.29, 1.82) is 0 Å². The average molecular weight is 346 g/mol. The number of hydrogen-bond donors (Lipinski definition) is 1. The molecule has 0 bridgehead atoms. The molecule has 0 fully saturated rings. The molecule has 130 valence electrons. The lowest BCUT2D eigenvalue weighted by Crippen LogP contribution is -2.30. The van der Waals surface area contributed by atoms with Crippen LogP contribution in [0, 0.1) is 0 Å². The fourth-order valence-electron chi connectivity index (χ4n) is 2.91. The first-order chi connectivity index (χ1) is 12.7. The highest BCUT2D eigenvalue weighted by Gasteiger charge is 2.17. The zero-order chi connectivity index (χ0) is 17.9. The average Bonchev–Trinajstić information content (AvgIpc) is 3.35. The van der Waals surface area contributed by atoms with Crippen LogP contribution in [0.5, 0.6) is 0 Å². The van der Waals surface area contributed by atoms with Crippen LogP contribution in [0.4, 0.5) is 0 Å². The van der Waals surface area contributed by atoms with E-state index in [1.807, 2.05) is 60.2 Å². The van der Waals surface area contributed by atoms with E-state index < -0.39 is 0 Å². The number of nitrogens with zero attached hydrogens (tertiary/aromatic N) is 5. The van der Waals surface area contributed by atoms with Gasteiger partial charge in [0.2, 0.25) is 5.91 Å². The summed E-state index contributed by atoms with van der Waals surface area (Å²) in [5, 5.41) is 7.20. The van der Waals surface area contributed by atoms with Gasteiger partial charge in [-0.2, -0.15) is 5.10 Å². The maximum atomic E-state index is 12.7. The van der Waals surface area contributed by atoms with Crippen molar-refractivity contribution in [2.45, 2.75) is 19.5 Å². The summed E-state index contributed by atoms with van der Waals surface area (Å²) in [6, 6.07) is 13.0. The predicted molar refractivity (Wildman–Crippen MR) is 97.6 cm³/mol. The van der Waals surface area contributed by atoms with Crippen molar-refractivity contribution in [3.63, 3.8) is 0 Å². The van der Waals surface area contributed by atoms with Gasteiger partial charge in [-0.15, -0.1) is 0 Å². The van der Waals surface area contributed by atoms with Gasteiger partial charge in [-0.05, 0) is 31.2 Å². The summed E-state index contributed by atoms with van der Waals surface area (Å²) in [4.78, 5) is 21.4. The highest BCUT2D eigenvalue weighted by Crippen LogP contribution is 2.18. The molecule has 0 aliphatic heterocycles. The molecule has 0 spiro atoms. The summed E-state index contributed by atoms with van der Waals surface area (Å²) >= 11 is 0. The molecule has 1 aromatic carbocycles. The van der Waals surface area contributed by atoms with Crippen molar-refractivity contribution in [3.05, 3.63) is 72.9 Å². The number of nitrogens with one attached hydrogen (secondary N) is 1. The number of hydrogen-bond acceptors (Lipinski definition) is 4. The van der Waals surface area contributed by atoms with Crippen LogP contribution in [0.25, 0.3) is 16.9 Å². The second-order valence-electron chi connectivity index (χ2n) is 5.97. The van der Waals surface area contributed by atoms with Gasteiger partial charge in [0.05, 0.1) is 17.4 Å². The van der Waals surface area contributed by atoms with Gasteiger partial charge in [0.15, 0.2) is 5.82 Å². The van der Waals surface area contributed by atoms with Gasteiger partial charge in [0.25, 0.3) is 0 Å². The van der Waals surface area contributed by atoms with E-state index in [9.17, 15) is 4.79 Å². The van der Waals surface area contributed by atoms with Gasteiger partial charge in [0, 0.05) is 30.7 Å². The molecular weight excluding hydrogens is 328 g/mol. The first kappa shape index (κ1) is 16.0. The van der Waals surface area contributed by atoms with E-state index in [0.29, 0.717) is 12.4 Å². The number of carbonyl (C=O) groups is 1. The Hall–Kier alpha value is -3.48. The first-order valence-electron chi connectivity index (χ1n) is 8.37. The summed E-state index contributed by atoms with van der Waals surface area (Å²) in [5.74, 6) is 0.627. The lowest BCUT2D eigenvalue weighted by molar-refractivity contribution is -0.123. The van der Waals surface area contributed by atoms with Crippen LogP contribution in [0.15, 0.2) is 67.4 Å². The molecule has 3 heterocycles. The third-order valence-electron chi connectivity index (χ3n) is 4.32. The third kappa shape index (κ3) is 2.95. The Balaban J connectivity index is 1.51. The minimum atomic E-state index is -0.368. The molecule has 0 aliphatic carbocycles. The van der Waals surface area contributed by atoms with Crippen molar-refractivity contribution in [1.82, 2.24) is 29.6 Å². The number of pyridine rings is 1. The fraction of sp³-hybridized carbons (Fsp3) is 0.158. The standard InChI is InChI=1S/C19H18N6O/c1-14(24-13-22-16-7-2-3-8-17(16)24)19(26)21-12-15-6-4-9-20-18(15)25-11-5-10-23-25/h2-11,13-14H,12H2,1H3,(H,21,26)/t14-/m1/s1. The van der Waals surface area contributed by atoms with E-state index in [4.69, 9.17) is 0 Å². The van der Waals surface area contributed by atoms with Crippen LogP contribution in [0.3, 0.4) is 0 Å². The van der Waals surface area contributed by atoms with E-state index in [0.717, 1.165) is 16.6 Å². The topological polar surface area (TPSA) is 77.6 Å². The molecule has 0 saturated heterocycles. The third-order valence-corrected chi connectivity index (χ3v) is 4.32. The molecule has 1 atom stereocenters. The zero-order valence-corrected chi connectivity index (χ0v) is 14.3. The van der Waals surface area contributed by atoms with E-state index in [-0.39, 0.29) is 11.9 Å². The Bertz CT molecular complexity index is 1040. The Morgan fingerprint density at radius 2 is 2.00 bits per heavy atom.